The van der Waals surface area contributed by atoms with Gasteiger partial charge in [0.25, 0.3) is 5.78 Å². The number of benzene rings is 3. The van der Waals surface area contributed by atoms with Crippen LogP contribution in [0.25, 0.3) is 5.76 Å². The molecule has 1 N–H and O–H groups in total. The summed E-state index contributed by atoms with van der Waals surface area (Å²) < 4.78 is 18.3. The summed E-state index contributed by atoms with van der Waals surface area (Å²) in [6.45, 7) is 7.52. The van der Waals surface area contributed by atoms with E-state index in [-0.39, 0.29) is 16.5 Å². The van der Waals surface area contributed by atoms with E-state index in [1.54, 1.807) is 42.5 Å². The molecule has 48 heavy (non-hydrogen) atoms. The minimum atomic E-state index is -1.00. The van der Waals surface area contributed by atoms with E-state index in [0.29, 0.717) is 63.3 Å². The molecule has 0 bridgehead atoms. The average Bonchev–Trinajstić information content (AvgIpc) is 3.67. The maximum Gasteiger partial charge on any atom is 0.301 e. The van der Waals surface area contributed by atoms with Crippen molar-refractivity contribution in [3.8, 4) is 17.2 Å². The van der Waals surface area contributed by atoms with Crippen molar-refractivity contribution in [1.82, 2.24) is 10.2 Å². The number of hydrogen-bond donors (Lipinski definition) is 1. The van der Waals surface area contributed by atoms with E-state index in [2.05, 4.69) is 24.0 Å². The molecule has 1 saturated heterocycles. The molecule has 4 aromatic rings. The van der Waals surface area contributed by atoms with Gasteiger partial charge >= 0.3 is 5.91 Å². The maximum atomic E-state index is 13.8. The highest BCUT2D eigenvalue weighted by atomic mass is 35.5. The molecule has 1 amide bonds. The number of carbonyl (C=O) groups excluding carboxylic acids is 2. The molecule has 5 rings (SSSR count). The Labute approximate surface area is 293 Å². The quantitative estimate of drug-likeness (QED) is 0.0305. The fourth-order valence-corrected chi connectivity index (χ4v) is 6.99. The number of hydrogen-bond acceptors (Lipinski definition) is 10. The third kappa shape index (κ3) is 8.32. The van der Waals surface area contributed by atoms with Gasteiger partial charge in [-0.25, -0.2) is 0 Å². The Hall–Kier alpha value is -4.06. The Morgan fingerprint density at radius 1 is 0.896 bits per heavy atom. The number of unbranched alkanes of at least 4 members (excludes halogenated alkanes) is 2. The predicted molar refractivity (Wildman–Crippen MR) is 191 cm³/mol. The molecule has 1 fully saturated rings. The van der Waals surface area contributed by atoms with Crippen molar-refractivity contribution in [2.24, 2.45) is 0 Å². The summed E-state index contributed by atoms with van der Waals surface area (Å²) in [6.07, 6.45) is 3.78. The molecule has 2 heterocycles. The van der Waals surface area contributed by atoms with E-state index >= 15 is 0 Å². The van der Waals surface area contributed by atoms with Gasteiger partial charge in [-0.05, 0) is 79.4 Å². The van der Waals surface area contributed by atoms with Crippen molar-refractivity contribution in [2.45, 2.75) is 62.6 Å². The van der Waals surface area contributed by atoms with Gasteiger partial charge in [0, 0.05) is 16.3 Å². The number of aliphatic hydroxyl groups is 1. The molecule has 1 atom stereocenters. The number of anilines is 1. The number of Topliss-reactive ketones (excluding diaryl/α,β-unsaturated/α-hetero) is 1. The second kappa shape index (κ2) is 16.9. The molecule has 1 unspecified atom stereocenters. The van der Waals surface area contributed by atoms with Gasteiger partial charge in [0.1, 0.15) is 11.5 Å². The van der Waals surface area contributed by atoms with Gasteiger partial charge in [-0.2, -0.15) is 0 Å². The first kappa shape index (κ1) is 35.3. The smallest absolute Gasteiger partial charge is 0.301 e. The summed E-state index contributed by atoms with van der Waals surface area (Å²) in [5, 5.41) is 21.2. The Bertz CT molecular complexity index is 1740. The zero-order chi connectivity index (χ0) is 34.0. The van der Waals surface area contributed by atoms with Crippen molar-refractivity contribution < 1.29 is 28.9 Å². The number of ketones is 1. The van der Waals surface area contributed by atoms with Crippen LogP contribution in [0.2, 0.25) is 5.02 Å². The van der Waals surface area contributed by atoms with Crippen molar-refractivity contribution in [1.29, 1.82) is 0 Å². The Morgan fingerprint density at radius 2 is 1.60 bits per heavy atom. The van der Waals surface area contributed by atoms with Gasteiger partial charge in [0.15, 0.2) is 15.8 Å². The van der Waals surface area contributed by atoms with Crippen LogP contribution >= 0.6 is 34.7 Å². The van der Waals surface area contributed by atoms with Crippen molar-refractivity contribution in [3.05, 3.63) is 94.0 Å². The summed E-state index contributed by atoms with van der Waals surface area (Å²) >= 11 is 8.69. The van der Waals surface area contributed by atoms with Gasteiger partial charge in [-0.3, -0.25) is 14.5 Å². The van der Waals surface area contributed by atoms with Gasteiger partial charge < -0.3 is 19.3 Å². The number of aliphatic hydroxyl groups excluding tert-OH is 1. The normalized spacial score (nSPS) is 15.6. The minimum Gasteiger partial charge on any atom is -0.507 e. The molecule has 1 aromatic heterocycles. The number of amides is 1. The molecule has 9 nitrogen and oxygen atoms in total. The van der Waals surface area contributed by atoms with Gasteiger partial charge in [0.2, 0.25) is 5.13 Å². The van der Waals surface area contributed by atoms with Crippen molar-refractivity contribution in [3.63, 3.8) is 0 Å². The molecule has 1 aliphatic heterocycles. The second-order valence-electron chi connectivity index (χ2n) is 11.0. The highest BCUT2D eigenvalue weighted by Crippen LogP contribution is 2.46. The molecule has 1 aliphatic rings. The number of nitrogens with zero attached hydrogens (tertiary/aromatic N) is 3. The van der Waals surface area contributed by atoms with E-state index in [1.165, 1.54) is 28.0 Å². The highest BCUT2D eigenvalue weighted by Gasteiger charge is 2.48. The Kier molecular flexibility index (Phi) is 12.4. The van der Waals surface area contributed by atoms with Crippen LogP contribution in [-0.4, -0.2) is 46.8 Å². The summed E-state index contributed by atoms with van der Waals surface area (Å²) in [4.78, 5) is 28.9. The lowest BCUT2D eigenvalue weighted by Crippen LogP contribution is -2.29. The fraction of sp³-hybridized carbons (Fsp3) is 0.333. The van der Waals surface area contributed by atoms with Crippen LogP contribution in [0.15, 0.2) is 76.6 Å². The predicted octanol–water partition coefficient (Wildman–Crippen LogP) is 8.87. The van der Waals surface area contributed by atoms with Crippen LogP contribution in [0.5, 0.6) is 17.2 Å². The highest BCUT2D eigenvalue weighted by molar-refractivity contribution is 8.00. The first-order valence-corrected chi connectivity index (χ1v) is 18.2. The molecular weight excluding hydrogens is 670 g/mol. The largest absolute Gasteiger partial charge is 0.507 e. The molecule has 0 radical (unpaired) electrons. The topological polar surface area (TPSA) is 111 Å². The molecule has 0 spiro atoms. The molecule has 0 aliphatic carbocycles. The number of carbonyl (C=O) groups is 2. The number of rotatable bonds is 16. The van der Waals surface area contributed by atoms with Crippen molar-refractivity contribution >= 4 is 57.3 Å². The lowest BCUT2D eigenvalue weighted by molar-refractivity contribution is -0.132. The van der Waals surface area contributed by atoms with Crippen LogP contribution in [0.4, 0.5) is 5.13 Å². The number of thioether (sulfide) groups is 1. The van der Waals surface area contributed by atoms with E-state index < -0.39 is 17.7 Å². The zero-order valence-corrected chi connectivity index (χ0v) is 29.5. The first-order valence-electron chi connectivity index (χ1n) is 16.0. The zero-order valence-electron chi connectivity index (χ0n) is 27.1. The number of aromatic nitrogens is 2. The Morgan fingerprint density at radius 3 is 2.29 bits per heavy atom. The summed E-state index contributed by atoms with van der Waals surface area (Å²) in [5.74, 6) is 0.352. The van der Waals surface area contributed by atoms with Crippen LogP contribution in [0.1, 0.15) is 69.2 Å². The van der Waals surface area contributed by atoms with E-state index in [9.17, 15) is 14.7 Å². The number of ether oxygens (including phenoxy) is 3. The molecule has 252 valence electrons. The maximum absolute atomic E-state index is 13.8. The van der Waals surface area contributed by atoms with Gasteiger partial charge in [0.05, 0.1) is 31.4 Å². The number of halogens is 1. The second-order valence-corrected chi connectivity index (χ2v) is 13.6. The summed E-state index contributed by atoms with van der Waals surface area (Å²) in [6, 6.07) is 18.6. The standard InChI is InChI=1S/C36H38ClN3O6S2/c1-4-7-19-45-27-16-11-24(12-17-27)32(41)30-31(25-13-18-28(46-20-8-5-2)29(21-25)44-6-3)40(34(43)33(30)42)35-38-39-36(48-35)47-22-23-9-14-26(37)15-10-23/h9-18,21,31,41H,4-8,19-20,22H2,1-3H3/b32-30-. The first-order chi connectivity index (χ1) is 23.3. The molecule has 12 heteroatoms. The van der Waals surface area contributed by atoms with Gasteiger partial charge in [-0.1, -0.05) is 79.6 Å². The molecular formula is C36H38ClN3O6S2. The molecule has 3 aromatic carbocycles. The molecule has 0 saturated carbocycles. The van der Waals surface area contributed by atoms with E-state index in [1.807, 2.05) is 31.2 Å². The fourth-order valence-electron chi connectivity index (χ4n) is 5.04. The third-order valence-corrected chi connectivity index (χ3v) is 9.93. The SMILES string of the molecule is CCCCOc1ccc(/C(O)=C2/C(=O)C(=O)N(c3nnc(SCc4ccc(Cl)cc4)s3)C2c2ccc(OCCCC)c(OCC)c2)cc1. The average molecular weight is 708 g/mol. The lowest BCUT2D eigenvalue weighted by Gasteiger charge is -2.23. The third-order valence-electron chi connectivity index (χ3n) is 7.56. The van der Waals surface area contributed by atoms with Crippen LogP contribution < -0.4 is 19.1 Å². The van der Waals surface area contributed by atoms with Crippen molar-refractivity contribution in [2.75, 3.05) is 24.7 Å². The Balaban J connectivity index is 1.53. The summed E-state index contributed by atoms with van der Waals surface area (Å²) in [7, 11) is 0. The van der Waals surface area contributed by atoms with Crippen LogP contribution in [0.3, 0.4) is 0 Å². The monoisotopic (exact) mass is 707 g/mol. The minimum absolute atomic E-state index is 0.0627. The van der Waals surface area contributed by atoms with E-state index in [0.717, 1.165) is 31.2 Å². The lowest BCUT2D eigenvalue weighted by atomic mass is 9.95. The van der Waals surface area contributed by atoms with Crippen LogP contribution in [-0.2, 0) is 15.3 Å². The summed E-state index contributed by atoms with van der Waals surface area (Å²) in [5.41, 5.74) is 1.91. The van der Waals surface area contributed by atoms with E-state index in [4.69, 9.17) is 25.8 Å². The van der Waals surface area contributed by atoms with Gasteiger partial charge in [-0.15, -0.1) is 10.2 Å². The van der Waals surface area contributed by atoms with Crippen LogP contribution in [0, 0.1) is 0 Å².